The minimum Gasteiger partial charge on any atom is -0.394 e. The van der Waals surface area contributed by atoms with Gasteiger partial charge in [-0.15, -0.1) is 0 Å². The van der Waals surface area contributed by atoms with Crippen LogP contribution >= 0.6 is 0 Å². The number of aliphatic hydroxyl groups is 1. The molecule has 3 rings (SSSR count). The monoisotopic (exact) mass is 298 g/mol. The van der Waals surface area contributed by atoms with Crippen molar-refractivity contribution in [2.75, 3.05) is 18.9 Å². The van der Waals surface area contributed by atoms with Crippen LogP contribution in [0.1, 0.15) is 24.2 Å². The van der Waals surface area contributed by atoms with E-state index in [-0.39, 0.29) is 12.1 Å². The van der Waals surface area contributed by atoms with Crippen molar-refractivity contribution in [3.8, 4) is 0 Å². The minimum absolute atomic E-state index is 0.143. The van der Waals surface area contributed by atoms with Crippen LogP contribution in [0.3, 0.4) is 0 Å². The smallest absolute Gasteiger partial charge is 0.144 e. The topological polar surface area (TPSA) is 75.3 Å². The minimum atomic E-state index is -0.227. The largest absolute Gasteiger partial charge is 0.394 e. The molecule has 0 bridgehead atoms. The van der Waals surface area contributed by atoms with Crippen LogP contribution in [0.2, 0.25) is 0 Å². The van der Waals surface area contributed by atoms with Crippen molar-refractivity contribution in [3.63, 3.8) is 0 Å². The maximum absolute atomic E-state index is 10.1. The third-order valence-electron chi connectivity index (χ3n) is 4.47. The highest BCUT2D eigenvalue weighted by Gasteiger charge is 2.40. The van der Waals surface area contributed by atoms with Gasteiger partial charge in [0.2, 0.25) is 0 Å². The van der Waals surface area contributed by atoms with E-state index in [2.05, 4.69) is 27.0 Å². The molecule has 3 N–H and O–H groups in total. The summed E-state index contributed by atoms with van der Waals surface area (Å²) in [4.78, 5) is 10.9. The highest BCUT2D eigenvalue weighted by Crippen LogP contribution is 2.33. The number of anilines is 1. The third kappa shape index (κ3) is 3.10. The first-order valence-electron chi connectivity index (χ1n) is 7.69. The quantitative estimate of drug-likeness (QED) is 0.877. The summed E-state index contributed by atoms with van der Waals surface area (Å²) in [5.41, 5.74) is 6.76. The highest BCUT2D eigenvalue weighted by molar-refractivity contribution is 5.25. The van der Waals surface area contributed by atoms with E-state index in [9.17, 15) is 5.11 Å². The van der Waals surface area contributed by atoms with Gasteiger partial charge in [-0.1, -0.05) is 30.3 Å². The van der Waals surface area contributed by atoms with E-state index in [0.717, 1.165) is 25.8 Å². The molecule has 0 spiro atoms. The number of aromatic nitrogens is 2. The lowest BCUT2D eigenvalue weighted by atomic mass is 9.89. The van der Waals surface area contributed by atoms with E-state index in [0.29, 0.717) is 18.2 Å². The van der Waals surface area contributed by atoms with Gasteiger partial charge in [0.1, 0.15) is 11.6 Å². The number of nitrogen functional groups attached to an aromatic ring is 1. The van der Waals surface area contributed by atoms with Crippen LogP contribution in [0.15, 0.2) is 42.6 Å². The number of nitrogens with zero attached hydrogens (tertiary/aromatic N) is 3. The summed E-state index contributed by atoms with van der Waals surface area (Å²) >= 11 is 0. The molecule has 22 heavy (non-hydrogen) atoms. The van der Waals surface area contributed by atoms with Crippen molar-refractivity contribution in [1.29, 1.82) is 0 Å². The summed E-state index contributed by atoms with van der Waals surface area (Å²) in [5, 5.41) is 10.1. The van der Waals surface area contributed by atoms with E-state index >= 15 is 0 Å². The zero-order valence-corrected chi connectivity index (χ0v) is 12.7. The predicted molar refractivity (Wildman–Crippen MR) is 86.1 cm³/mol. The third-order valence-corrected chi connectivity index (χ3v) is 4.47. The SMILES string of the molecule is Nc1ccnc(CN2CCCC2(CO)Cc2ccccc2)n1. The second-order valence-corrected chi connectivity index (χ2v) is 5.97. The maximum atomic E-state index is 10.1. The fourth-order valence-corrected chi connectivity index (χ4v) is 3.31. The van der Waals surface area contributed by atoms with Crippen LogP contribution in [0.4, 0.5) is 5.82 Å². The Morgan fingerprint density at radius 1 is 1.23 bits per heavy atom. The lowest BCUT2D eigenvalue weighted by Crippen LogP contribution is -2.48. The number of benzene rings is 1. The number of rotatable bonds is 5. The molecular formula is C17H22N4O. The van der Waals surface area contributed by atoms with Gasteiger partial charge in [-0.05, 0) is 37.4 Å². The second-order valence-electron chi connectivity index (χ2n) is 5.97. The van der Waals surface area contributed by atoms with Gasteiger partial charge in [0.15, 0.2) is 0 Å². The van der Waals surface area contributed by atoms with E-state index in [4.69, 9.17) is 5.73 Å². The lowest BCUT2D eigenvalue weighted by Gasteiger charge is -2.37. The Morgan fingerprint density at radius 3 is 2.77 bits per heavy atom. The number of nitrogens with two attached hydrogens (primary N) is 1. The van der Waals surface area contributed by atoms with Crippen molar-refractivity contribution in [2.24, 2.45) is 0 Å². The molecule has 1 fully saturated rings. The molecule has 1 aliphatic rings. The van der Waals surface area contributed by atoms with Crippen molar-refractivity contribution in [1.82, 2.24) is 14.9 Å². The van der Waals surface area contributed by atoms with Gasteiger partial charge in [-0.3, -0.25) is 4.90 Å². The van der Waals surface area contributed by atoms with Crippen LogP contribution < -0.4 is 5.73 Å². The summed E-state index contributed by atoms with van der Waals surface area (Å²) in [6.45, 7) is 1.72. The normalized spacial score (nSPS) is 22.0. The van der Waals surface area contributed by atoms with Crippen molar-refractivity contribution >= 4 is 5.82 Å². The van der Waals surface area contributed by atoms with E-state index in [1.807, 2.05) is 18.2 Å². The highest BCUT2D eigenvalue weighted by atomic mass is 16.3. The summed E-state index contributed by atoms with van der Waals surface area (Å²) in [6.07, 6.45) is 4.59. The lowest BCUT2D eigenvalue weighted by molar-refractivity contribution is 0.0564. The molecule has 116 valence electrons. The van der Waals surface area contributed by atoms with Crippen LogP contribution in [0, 0.1) is 0 Å². The molecule has 5 nitrogen and oxygen atoms in total. The van der Waals surface area contributed by atoms with E-state index in [1.54, 1.807) is 12.3 Å². The summed E-state index contributed by atoms with van der Waals surface area (Å²) in [5.74, 6) is 1.20. The molecule has 1 aromatic heterocycles. The summed E-state index contributed by atoms with van der Waals surface area (Å²) in [6, 6.07) is 12.0. The van der Waals surface area contributed by atoms with E-state index < -0.39 is 0 Å². The van der Waals surface area contributed by atoms with Gasteiger partial charge >= 0.3 is 0 Å². The first kappa shape index (κ1) is 14.9. The predicted octanol–water partition coefficient (Wildman–Crippen LogP) is 1.63. The average Bonchev–Trinajstić information content (AvgIpc) is 2.91. The molecule has 0 radical (unpaired) electrons. The molecule has 1 unspecified atom stereocenters. The number of likely N-dealkylation sites (tertiary alicyclic amines) is 1. The molecule has 0 aliphatic carbocycles. The van der Waals surface area contributed by atoms with Gasteiger partial charge in [0.05, 0.1) is 13.2 Å². The van der Waals surface area contributed by atoms with Gasteiger partial charge in [-0.25, -0.2) is 9.97 Å². The Balaban J connectivity index is 1.80. The first-order valence-corrected chi connectivity index (χ1v) is 7.69. The Hall–Kier alpha value is -1.98. The van der Waals surface area contributed by atoms with E-state index in [1.165, 1.54) is 5.56 Å². The molecular weight excluding hydrogens is 276 g/mol. The van der Waals surface area contributed by atoms with Crippen LogP contribution in [0.5, 0.6) is 0 Å². The Bertz CT molecular complexity index is 619. The molecule has 1 atom stereocenters. The van der Waals surface area contributed by atoms with Crippen LogP contribution in [0.25, 0.3) is 0 Å². The fourth-order valence-electron chi connectivity index (χ4n) is 3.31. The number of hydrogen-bond donors (Lipinski definition) is 2. The zero-order chi connectivity index (χ0) is 15.4. The molecule has 1 aromatic carbocycles. The van der Waals surface area contributed by atoms with Gasteiger partial charge in [-0.2, -0.15) is 0 Å². The Morgan fingerprint density at radius 2 is 2.05 bits per heavy atom. The standard InChI is InChI=1S/C17H22N4O/c18-15-7-9-19-16(20-15)12-21-10-4-8-17(21,13-22)11-14-5-2-1-3-6-14/h1-3,5-7,9,22H,4,8,10-13H2,(H2,18,19,20). The van der Waals surface area contributed by atoms with Gasteiger partial charge in [0, 0.05) is 11.7 Å². The summed E-state index contributed by atoms with van der Waals surface area (Å²) < 4.78 is 0. The molecule has 0 saturated carbocycles. The molecule has 0 amide bonds. The fraction of sp³-hybridized carbons (Fsp3) is 0.412. The van der Waals surface area contributed by atoms with Crippen LogP contribution in [-0.4, -0.2) is 38.7 Å². The Labute approximate surface area is 130 Å². The first-order chi connectivity index (χ1) is 10.7. The maximum Gasteiger partial charge on any atom is 0.144 e. The van der Waals surface area contributed by atoms with Crippen LogP contribution in [-0.2, 0) is 13.0 Å². The summed E-state index contributed by atoms with van der Waals surface area (Å²) in [7, 11) is 0. The number of hydrogen-bond acceptors (Lipinski definition) is 5. The zero-order valence-electron chi connectivity index (χ0n) is 12.7. The average molecular weight is 298 g/mol. The molecule has 1 aliphatic heterocycles. The van der Waals surface area contributed by atoms with Crippen molar-refractivity contribution < 1.29 is 5.11 Å². The molecule has 2 aromatic rings. The molecule has 1 saturated heterocycles. The number of aliphatic hydroxyl groups excluding tert-OH is 1. The van der Waals surface area contributed by atoms with Crippen molar-refractivity contribution in [3.05, 3.63) is 54.0 Å². The van der Waals surface area contributed by atoms with Gasteiger partial charge < -0.3 is 10.8 Å². The molecule has 2 heterocycles. The Kier molecular flexibility index (Phi) is 4.36. The molecule has 5 heteroatoms. The van der Waals surface area contributed by atoms with Gasteiger partial charge in [0.25, 0.3) is 0 Å². The second kappa shape index (κ2) is 6.42. The van der Waals surface area contributed by atoms with Crippen molar-refractivity contribution in [2.45, 2.75) is 31.3 Å².